The number of nitrogens with two attached hydrogens (primary N) is 2. The van der Waals surface area contributed by atoms with Crippen molar-refractivity contribution in [2.75, 3.05) is 13.3 Å². The summed E-state index contributed by atoms with van der Waals surface area (Å²) in [6.45, 7) is 21.9. The van der Waals surface area contributed by atoms with Crippen molar-refractivity contribution in [3.05, 3.63) is 96.2 Å². The van der Waals surface area contributed by atoms with Crippen LogP contribution in [0.5, 0.6) is 0 Å². The second kappa shape index (κ2) is 16.9. The largest absolute Gasteiger partial charge is 0.333 e. The summed E-state index contributed by atoms with van der Waals surface area (Å²) < 4.78 is 0. The Kier molecular flexibility index (Phi) is 15.7. The lowest BCUT2D eigenvalue weighted by Gasteiger charge is -2.18. The van der Waals surface area contributed by atoms with E-state index < -0.39 is 0 Å². The Morgan fingerprint density at radius 2 is 1.47 bits per heavy atom. The molecule has 0 aromatic heterocycles. The number of aryl methyl sites for hydroxylation is 2. The molecule has 196 valence electrons. The Hall–Kier alpha value is -2.66. The maximum Gasteiger partial charge on any atom is 0.0921 e. The Labute approximate surface area is 224 Å². The first-order valence-corrected chi connectivity index (χ1v) is 13.6. The highest BCUT2D eigenvalue weighted by molar-refractivity contribution is 8.13. The molecule has 36 heavy (non-hydrogen) atoms. The first-order valence-electron chi connectivity index (χ1n) is 12.4. The minimum Gasteiger partial charge on any atom is -0.333 e. The van der Waals surface area contributed by atoms with Crippen LogP contribution in [0.3, 0.4) is 0 Å². The third kappa shape index (κ3) is 10.5. The zero-order valence-electron chi connectivity index (χ0n) is 23.9. The van der Waals surface area contributed by atoms with Crippen LogP contribution >= 0.6 is 11.8 Å². The van der Waals surface area contributed by atoms with Gasteiger partial charge in [-0.05, 0) is 99.0 Å². The second-order valence-corrected chi connectivity index (χ2v) is 9.62. The Morgan fingerprint density at radius 1 is 0.944 bits per heavy atom. The van der Waals surface area contributed by atoms with Crippen molar-refractivity contribution < 1.29 is 0 Å². The van der Waals surface area contributed by atoms with Gasteiger partial charge in [-0.1, -0.05) is 81.1 Å². The molecule has 3 nitrogen and oxygen atoms in total. The van der Waals surface area contributed by atoms with E-state index in [1.807, 2.05) is 34.0 Å². The first kappa shape index (κ1) is 33.3. The molecule has 3 aromatic carbocycles. The van der Waals surface area contributed by atoms with E-state index in [4.69, 9.17) is 5.73 Å². The average Bonchev–Trinajstić information content (AvgIpc) is 2.86. The minimum atomic E-state index is -0.340. The number of allylic oxidation sites excluding steroid dienone is 1. The molecule has 0 radical (unpaired) electrons. The summed E-state index contributed by atoms with van der Waals surface area (Å²) in [6.07, 6.45) is 4.44. The van der Waals surface area contributed by atoms with Gasteiger partial charge in [0.25, 0.3) is 0 Å². The van der Waals surface area contributed by atoms with Gasteiger partial charge in [-0.3, -0.25) is 4.99 Å². The number of thioether (sulfide) groups is 1. The van der Waals surface area contributed by atoms with Crippen LogP contribution in [0.2, 0.25) is 0 Å². The molecule has 3 rings (SSSR count). The van der Waals surface area contributed by atoms with E-state index >= 15 is 0 Å². The number of fused-ring (bicyclic) bond motifs is 1. The molecule has 0 aliphatic rings. The van der Waals surface area contributed by atoms with Crippen LogP contribution in [0.25, 0.3) is 21.9 Å². The number of hydrogen-bond acceptors (Lipinski definition) is 4. The fourth-order valence-corrected chi connectivity index (χ4v) is 4.38. The van der Waals surface area contributed by atoms with Crippen LogP contribution in [0.15, 0.2) is 84.5 Å². The van der Waals surface area contributed by atoms with Gasteiger partial charge in [-0.25, -0.2) is 0 Å². The Bertz CT molecular complexity index is 1110. The number of aliphatic imine (C=N–C) groups is 1. The summed E-state index contributed by atoms with van der Waals surface area (Å²) >= 11 is 1.56. The van der Waals surface area contributed by atoms with Gasteiger partial charge in [0.2, 0.25) is 0 Å². The molecule has 0 heterocycles. The normalized spacial score (nSPS) is 10.7. The predicted octanol–water partition coefficient (Wildman–Crippen LogP) is 8.47. The van der Waals surface area contributed by atoms with Gasteiger partial charge in [-0.2, -0.15) is 0 Å². The summed E-state index contributed by atoms with van der Waals surface area (Å²) in [7, 11) is 1.50. The van der Waals surface area contributed by atoms with Crippen LogP contribution < -0.4 is 11.5 Å². The minimum absolute atomic E-state index is 0.340. The molecule has 3 aromatic rings. The first-order chi connectivity index (χ1) is 17.1. The summed E-state index contributed by atoms with van der Waals surface area (Å²) in [4.78, 5) is 4.03. The summed E-state index contributed by atoms with van der Waals surface area (Å²) in [6, 6.07) is 19.8. The summed E-state index contributed by atoms with van der Waals surface area (Å²) in [5.74, 6) is 0. The molecule has 0 saturated carbocycles. The molecule has 0 bridgehead atoms. The molecule has 0 aliphatic heterocycles. The van der Waals surface area contributed by atoms with E-state index in [2.05, 4.69) is 99.3 Å². The van der Waals surface area contributed by atoms with Gasteiger partial charge in [0.05, 0.1) is 10.6 Å². The highest BCUT2D eigenvalue weighted by Gasteiger charge is 2.17. The van der Waals surface area contributed by atoms with Gasteiger partial charge in [-0.15, -0.1) is 11.8 Å². The third-order valence-corrected chi connectivity index (χ3v) is 6.23. The molecular formula is C32H47N3S. The molecule has 0 saturated heterocycles. The lowest BCUT2D eigenvalue weighted by Crippen LogP contribution is -2.39. The van der Waals surface area contributed by atoms with Gasteiger partial charge < -0.3 is 11.5 Å². The third-order valence-electron chi connectivity index (χ3n) is 5.21. The zero-order chi connectivity index (χ0) is 27.9. The predicted molar refractivity (Wildman–Crippen MR) is 168 cm³/mol. The lowest BCUT2D eigenvalue weighted by molar-refractivity contribution is 0.709. The quantitative estimate of drug-likeness (QED) is 0.208. The highest BCUT2D eigenvalue weighted by atomic mass is 32.2. The van der Waals surface area contributed by atoms with Crippen LogP contribution in [0.4, 0.5) is 0 Å². The molecule has 0 amide bonds. The molecular weight excluding hydrogens is 458 g/mol. The second-order valence-electron chi connectivity index (χ2n) is 8.83. The topological polar surface area (TPSA) is 64.4 Å². The van der Waals surface area contributed by atoms with Crippen molar-refractivity contribution in [1.29, 1.82) is 0 Å². The van der Waals surface area contributed by atoms with E-state index in [0.717, 1.165) is 11.5 Å². The van der Waals surface area contributed by atoms with Crippen molar-refractivity contribution >= 4 is 27.6 Å². The maximum atomic E-state index is 5.78. The van der Waals surface area contributed by atoms with Gasteiger partial charge >= 0.3 is 0 Å². The fourth-order valence-electron chi connectivity index (χ4n) is 3.67. The van der Waals surface area contributed by atoms with E-state index in [1.54, 1.807) is 11.8 Å². The molecule has 0 atom stereocenters. The van der Waals surface area contributed by atoms with Crippen LogP contribution in [-0.2, 0) is 6.42 Å². The SMILES string of the molecule is C=C(C)Cc1c(C)cc(-c2ccc3ccccc3c2)cc1C.C=CN=C(SC)C(C)(C)N.CC.CN. The summed E-state index contributed by atoms with van der Waals surface area (Å²) in [5, 5.41) is 3.49. The van der Waals surface area contributed by atoms with Crippen molar-refractivity contribution in [3.63, 3.8) is 0 Å². The van der Waals surface area contributed by atoms with Crippen LogP contribution in [0.1, 0.15) is 51.3 Å². The molecule has 0 aliphatic carbocycles. The standard InChI is InChI=1S/C22H22.C7H14N2S.C2H6.CH5N/c1-15(2)11-22-16(3)12-21(13-17(22)4)20-10-9-18-7-5-6-8-19(18)14-20;1-5-9-6(10-4)7(2,3)8;2*1-2/h5-10,12-14H,1,11H2,2-4H3;5H,1,8H2,2-4H3;1-2H3;2H2,1H3. The Balaban J connectivity index is 0.000000742. The smallest absolute Gasteiger partial charge is 0.0921 e. The van der Waals surface area contributed by atoms with Crippen molar-refractivity contribution in [2.24, 2.45) is 16.5 Å². The van der Waals surface area contributed by atoms with Crippen molar-refractivity contribution in [1.82, 2.24) is 0 Å². The monoisotopic (exact) mass is 505 g/mol. The van der Waals surface area contributed by atoms with Crippen LogP contribution in [-0.4, -0.2) is 23.9 Å². The van der Waals surface area contributed by atoms with E-state index in [1.165, 1.54) is 57.4 Å². The number of nitrogens with zero attached hydrogens (tertiary/aromatic N) is 1. The van der Waals surface area contributed by atoms with E-state index in [9.17, 15) is 0 Å². The Morgan fingerprint density at radius 3 is 1.89 bits per heavy atom. The fraction of sp³-hybridized carbons (Fsp3) is 0.344. The van der Waals surface area contributed by atoms with Crippen LogP contribution in [0, 0.1) is 13.8 Å². The van der Waals surface area contributed by atoms with Gasteiger partial charge in [0.1, 0.15) is 0 Å². The van der Waals surface area contributed by atoms with Gasteiger partial charge in [0.15, 0.2) is 0 Å². The summed E-state index contributed by atoms with van der Waals surface area (Å²) in [5.41, 5.74) is 17.9. The number of rotatable bonds is 5. The zero-order valence-corrected chi connectivity index (χ0v) is 24.7. The molecule has 0 fully saturated rings. The lowest BCUT2D eigenvalue weighted by atomic mass is 9.92. The molecule has 0 spiro atoms. The number of hydrogen-bond donors (Lipinski definition) is 2. The molecule has 4 N–H and O–H groups in total. The average molecular weight is 506 g/mol. The van der Waals surface area contributed by atoms with E-state index in [-0.39, 0.29) is 5.54 Å². The molecule has 0 unspecified atom stereocenters. The maximum absolute atomic E-state index is 5.78. The molecule has 4 heteroatoms. The van der Waals surface area contributed by atoms with E-state index in [0.29, 0.717) is 0 Å². The van der Waals surface area contributed by atoms with Gasteiger partial charge in [0, 0.05) is 6.20 Å². The number of benzene rings is 3. The highest BCUT2D eigenvalue weighted by Crippen LogP contribution is 2.29. The van der Waals surface area contributed by atoms with Crippen molar-refractivity contribution in [3.8, 4) is 11.1 Å². The van der Waals surface area contributed by atoms with Crippen molar-refractivity contribution in [2.45, 2.75) is 60.4 Å².